The van der Waals surface area contributed by atoms with Crippen LogP contribution in [0.4, 0.5) is 0 Å². The highest BCUT2D eigenvalue weighted by molar-refractivity contribution is 6.30. The second kappa shape index (κ2) is 6.93. The van der Waals surface area contributed by atoms with E-state index in [2.05, 4.69) is 38.2 Å². The monoisotopic (exact) mass is 239 g/mol. The van der Waals surface area contributed by atoms with Gasteiger partial charge in [-0.2, -0.15) is 0 Å². The summed E-state index contributed by atoms with van der Waals surface area (Å²) in [7, 11) is 0. The van der Waals surface area contributed by atoms with Crippen LogP contribution in [0, 0.1) is 0 Å². The van der Waals surface area contributed by atoms with E-state index in [-0.39, 0.29) is 0 Å². The first-order valence-electron chi connectivity index (χ1n) is 6.12. The van der Waals surface area contributed by atoms with Crippen molar-refractivity contribution in [3.63, 3.8) is 0 Å². The Bertz CT molecular complexity index is 294. The largest absolute Gasteiger partial charge is 0.314 e. The molecule has 0 fully saturated rings. The standard InChI is InChI=1S/C14H22ClN/c1-4-9-16-12(3)10-11(2)13-5-7-14(15)8-6-13/h5-8,11-12,16H,4,9-10H2,1-3H3. The zero-order valence-corrected chi connectivity index (χ0v) is 11.2. The van der Waals surface area contributed by atoms with Gasteiger partial charge in [0.05, 0.1) is 0 Å². The number of hydrogen-bond acceptors (Lipinski definition) is 1. The van der Waals surface area contributed by atoms with E-state index in [4.69, 9.17) is 11.6 Å². The number of hydrogen-bond donors (Lipinski definition) is 1. The van der Waals surface area contributed by atoms with Crippen LogP contribution in [-0.4, -0.2) is 12.6 Å². The summed E-state index contributed by atoms with van der Waals surface area (Å²) in [6.45, 7) is 7.83. The van der Waals surface area contributed by atoms with Crippen LogP contribution in [0.3, 0.4) is 0 Å². The Balaban J connectivity index is 2.45. The fraction of sp³-hybridized carbons (Fsp3) is 0.571. The van der Waals surface area contributed by atoms with Crippen molar-refractivity contribution < 1.29 is 0 Å². The smallest absolute Gasteiger partial charge is 0.0406 e. The van der Waals surface area contributed by atoms with Crippen LogP contribution in [0.1, 0.15) is 45.1 Å². The van der Waals surface area contributed by atoms with Crippen molar-refractivity contribution >= 4 is 11.6 Å². The second-order valence-corrected chi connectivity index (χ2v) is 4.98. The van der Waals surface area contributed by atoms with E-state index in [0.717, 1.165) is 11.6 Å². The second-order valence-electron chi connectivity index (χ2n) is 4.54. The third-order valence-corrected chi connectivity index (χ3v) is 3.14. The molecule has 1 aromatic carbocycles. The van der Waals surface area contributed by atoms with E-state index >= 15 is 0 Å². The zero-order chi connectivity index (χ0) is 12.0. The lowest BCUT2D eigenvalue weighted by Crippen LogP contribution is -2.27. The van der Waals surface area contributed by atoms with Crippen LogP contribution in [0.2, 0.25) is 5.02 Å². The lowest BCUT2D eigenvalue weighted by atomic mass is 9.94. The maximum absolute atomic E-state index is 5.88. The zero-order valence-electron chi connectivity index (χ0n) is 10.5. The Morgan fingerprint density at radius 1 is 1.19 bits per heavy atom. The molecular weight excluding hydrogens is 218 g/mol. The molecule has 0 aliphatic rings. The van der Waals surface area contributed by atoms with E-state index in [0.29, 0.717) is 12.0 Å². The van der Waals surface area contributed by atoms with Gasteiger partial charge in [0.15, 0.2) is 0 Å². The number of halogens is 1. The lowest BCUT2D eigenvalue weighted by Gasteiger charge is -2.18. The molecule has 0 bridgehead atoms. The van der Waals surface area contributed by atoms with Crippen molar-refractivity contribution in [2.75, 3.05) is 6.54 Å². The third kappa shape index (κ3) is 4.54. The predicted molar refractivity (Wildman–Crippen MR) is 72.2 cm³/mol. The first-order chi connectivity index (χ1) is 7.63. The molecule has 1 rings (SSSR count). The van der Waals surface area contributed by atoms with Gasteiger partial charge >= 0.3 is 0 Å². The number of benzene rings is 1. The van der Waals surface area contributed by atoms with Gasteiger partial charge in [-0.1, -0.05) is 37.6 Å². The van der Waals surface area contributed by atoms with E-state index in [1.165, 1.54) is 18.4 Å². The minimum absolute atomic E-state index is 0.575. The molecule has 2 unspecified atom stereocenters. The molecule has 1 N–H and O–H groups in total. The van der Waals surface area contributed by atoms with E-state index in [9.17, 15) is 0 Å². The van der Waals surface area contributed by atoms with Crippen molar-refractivity contribution in [1.29, 1.82) is 0 Å². The minimum atomic E-state index is 0.575. The molecule has 0 spiro atoms. The Kier molecular flexibility index (Phi) is 5.86. The normalized spacial score (nSPS) is 14.8. The van der Waals surface area contributed by atoms with Gasteiger partial charge in [-0.25, -0.2) is 0 Å². The molecule has 0 saturated carbocycles. The average Bonchev–Trinajstić information content (AvgIpc) is 2.27. The fourth-order valence-electron chi connectivity index (χ4n) is 1.93. The summed E-state index contributed by atoms with van der Waals surface area (Å²) in [5.41, 5.74) is 1.37. The highest BCUT2D eigenvalue weighted by Gasteiger charge is 2.09. The van der Waals surface area contributed by atoms with Crippen molar-refractivity contribution in [1.82, 2.24) is 5.32 Å². The van der Waals surface area contributed by atoms with Crippen LogP contribution in [0.25, 0.3) is 0 Å². The summed E-state index contributed by atoms with van der Waals surface area (Å²) in [5, 5.41) is 4.33. The molecule has 0 aliphatic carbocycles. The highest BCUT2D eigenvalue weighted by atomic mass is 35.5. The SMILES string of the molecule is CCCNC(C)CC(C)c1ccc(Cl)cc1. The van der Waals surface area contributed by atoms with Crippen LogP contribution in [-0.2, 0) is 0 Å². The van der Waals surface area contributed by atoms with Gasteiger partial charge < -0.3 is 5.32 Å². The molecule has 0 aromatic heterocycles. The Hall–Kier alpha value is -0.530. The van der Waals surface area contributed by atoms with Crippen molar-refractivity contribution in [2.24, 2.45) is 0 Å². The third-order valence-electron chi connectivity index (χ3n) is 2.89. The maximum atomic E-state index is 5.88. The molecular formula is C14H22ClN. The topological polar surface area (TPSA) is 12.0 Å². The lowest BCUT2D eigenvalue weighted by molar-refractivity contribution is 0.479. The summed E-state index contributed by atoms with van der Waals surface area (Å²) in [6.07, 6.45) is 2.36. The van der Waals surface area contributed by atoms with E-state index in [1.54, 1.807) is 0 Å². The minimum Gasteiger partial charge on any atom is -0.314 e. The summed E-state index contributed by atoms with van der Waals surface area (Å²) >= 11 is 5.88. The molecule has 0 aliphatic heterocycles. The summed E-state index contributed by atoms with van der Waals surface area (Å²) < 4.78 is 0. The molecule has 16 heavy (non-hydrogen) atoms. The van der Waals surface area contributed by atoms with Gasteiger partial charge in [0.2, 0.25) is 0 Å². The summed E-state index contributed by atoms with van der Waals surface area (Å²) in [6, 6.07) is 8.76. The maximum Gasteiger partial charge on any atom is 0.0406 e. The van der Waals surface area contributed by atoms with Crippen molar-refractivity contribution in [3.05, 3.63) is 34.9 Å². The van der Waals surface area contributed by atoms with Crippen LogP contribution < -0.4 is 5.32 Å². The molecule has 90 valence electrons. The predicted octanol–water partition coefficient (Wildman–Crippen LogP) is 4.22. The molecule has 2 heteroatoms. The van der Waals surface area contributed by atoms with Gasteiger partial charge in [-0.15, -0.1) is 0 Å². The van der Waals surface area contributed by atoms with Crippen LogP contribution in [0.15, 0.2) is 24.3 Å². The molecule has 0 amide bonds. The summed E-state index contributed by atoms with van der Waals surface area (Å²) in [5.74, 6) is 0.580. The van der Waals surface area contributed by atoms with Crippen LogP contribution >= 0.6 is 11.6 Å². The number of nitrogens with one attached hydrogen (secondary N) is 1. The first-order valence-corrected chi connectivity index (χ1v) is 6.50. The van der Waals surface area contributed by atoms with Gasteiger partial charge in [0, 0.05) is 11.1 Å². The molecule has 2 atom stereocenters. The Morgan fingerprint density at radius 2 is 1.81 bits per heavy atom. The summed E-state index contributed by atoms with van der Waals surface area (Å²) in [4.78, 5) is 0. The van der Waals surface area contributed by atoms with Gasteiger partial charge in [0.1, 0.15) is 0 Å². The quantitative estimate of drug-likeness (QED) is 0.784. The van der Waals surface area contributed by atoms with E-state index < -0.39 is 0 Å². The van der Waals surface area contributed by atoms with Crippen molar-refractivity contribution in [3.8, 4) is 0 Å². The van der Waals surface area contributed by atoms with Crippen molar-refractivity contribution in [2.45, 2.75) is 45.6 Å². The molecule has 1 aromatic rings. The molecule has 0 radical (unpaired) electrons. The molecule has 0 saturated heterocycles. The van der Waals surface area contributed by atoms with Crippen LogP contribution in [0.5, 0.6) is 0 Å². The van der Waals surface area contributed by atoms with Gasteiger partial charge in [-0.05, 0) is 49.9 Å². The first kappa shape index (κ1) is 13.5. The Labute approximate surface area is 104 Å². The van der Waals surface area contributed by atoms with Gasteiger partial charge in [-0.3, -0.25) is 0 Å². The van der Waals surface area contributed by atoms with E-state index in [1.807, 2.05) is 12.1 Å². The average molecular weight is 240 g/mol. The number of rotatable bonds is 6. The molecule has 1 nitrogen and oxygen atoms in total. The molecule has 0 heterocycles. The fourth-order valence-corrected chi connectivity index (χ4v) is 2.06. The Morgan fingerprint density at radius 3 is 2.38 bits per heavy atom. The van der Waals surface area contributed by atoms with Gasteiger partial charge in [0.25, 0.3) is 0 Å². The highest BCUT2D eigenvalue weighted by Crippen LogP contribution is 2.22.